The quantitative estimate of drug-likeness (QED) is 0.778. The van der Waals surface area contributed by atoms with Gasteiger partial charge in [0.25, 0.3) is 0 Å². The fourth-order valence-electron chi connectivity index (χ4n) is 1.62. The molecule has 0 radical (unpaired) electrons. The zero-order chi connectivity index (χ0) is 11.1. The molecule has 0 aliphatic rings. The maximum Gasteiger partial charge on any atom is 0.122 e. The Bertz CT molecular complexity index is 284. The Morgan fingerprint density at radius 3 is 2.73 bits per heavy atom. The van der Waals surface area contributed by atoms with Crippen LogP contribution in [0, 0.1) is 0 Å². The monoisotopic (exact) mass is 207 g/mol. The molecule has 2 nitrogen and oxygen atoms in total. The van der Waals surface area contributed by atoms with Crippen LogP contribution < -0.4 is 10.5 Å². The van der Waals surface area contributed by atoms with Crippen molar-refractivity contribution in [2.75, 3.05) is 6.61 Å². The number of benzene rings is 1. The van der Waals surface area contributed by atoms with Gasteiger partial charge >= 0.3 is 0 Å². The van der Waals surface area contributed by atoms with Gasteiger partial charge < -0.3 is 10.5 Å². The van der Waals surface area contributed by atoms with Gasteiger partial charge in [0.05, 0.1) is 6.61 Å². The second-order valence-corrected chi connectivity index (χ2v) is 3.91. The zero-order valence-electron chi connectivity index (χ0n) is 9.70. The van der Waals surface area contributed by atoms with Crippen LogP contribution in [0.5, 0.6) is 5.75 Å². The summed E-state index contributed by atoms with van der Waals surface area (Å²) in [6.07, 6.45) is 3.25. The molecule has 0 aliphatic heterocycles. The number of para-hydroxylation sites is 1. The van der Waals surface area contributed by atoms with Gasteiger partial charge in [-0.15, -0.1) is 0 Å². The Morgan fingerprint density at radius 1 is 1.33 bits per heavy atom. The van der Waals surface area contributed by atoms with Crippen LogP contribution >= 0.6 is 0 Å². The molecule has 1 atom stereocenters. The molecule has 0 fully saturated rings. The summed E-state index contributed by atoms with van der Waals surface area (Å²) in [6, 6.07) is 8.53. The topological polar surface area (TPSA) is 35.2 Å². The third-order valence-electron chi connectivity index (χ3n) is 2.38. The molecule has 0 saturated heterocycles. The van der Waals surface area contributed by atoms with Crippen LogP contribution in [0.15, 0.2) is 24.3 Å². The highest BCUT2D eigenvalue weighted by Crippen LogP contribution is 2.20. The van der Waals surface area contributed by atoms with Crippen LogP contribution in [-0.2, 0) is 6.42 Å². The van der Waals surface area contributed by atoms with E-state index in [1.807, 2.05) is 19.1 Å². The van der Waals surface area contributed by atoms with Gasteiger partial charge in [-0.25, -0.2) is 0 Å². The first kappa shape index (κ1) is 12.1. The lowest BCUT2D eigenvalue weighted by atomic mass is 10.1. The van der Waals surface area contributed by atoms with Gasteiger partial charge in [-0.2, -0.15) is 0 Å². The predicted molar refractivity (Wildman–Crippen MR) is 64.2 cm³/mol. The summed E-state index contributed by atoms with van der Waals surface area (Å²) in [6.45, 7) is 4.79. The Kier molecular flexibility index (Phi) is 5.19. The molecule has 1 rings (SSSR count). The van der Waals surface area contributed by atoms with Crippen molar-refractivity contribution in [3.05, 3.63) is 29.8 Å². The summed E-state index contributed by atoms with van der Waals surface area (Å²) in [5.74, 6) is 1.02. The lowest BCUT2D eigenvalue weighted by Crippen LogP contribution is -2.14. The van der Waals surface area contributed by atoms with Gasteiger partial charge in [-0.05, 0) is 44.7 Å². The number of hydrogen-bond donors (Lipinski definition) is 1. The second kappa shape index (κ2) is 6.46. The van der Waals surface area contributed by atoms with Crippen LogP contribution in [0.25, 0.3) is 0 Å². The lowest BCUT2D eigenvalue weighted by molar-refractivity contribution is 0.336. The molecular formula is C13H21NO. The van der Waals surface area contributed by atoms with E-state index in [4.69, 9.17) is 10.5 Å². The number of nitrogens with two attached hydrogens (primary N) is 1. The number of hydrogen-bond acceptors (Lipinski definition) is 2. The summed E-state index contributed by atoms with van der Waals surface area (Å²) in [5, 5.41) is 0. The van der Waals surface area contributed by atoms with Crippen molar-refractivity contribution in [3.8, 4) is 5.75 Å². The summed E-state index contributed by atoms with van der Waals surface area (Å²) in [5.41, 5.74) is 7.01. The Morgan fingerprint density at radius 2 is 2.07 bits per heavy atom. The van der Waals surface area contributed by atoms with E-state index < -0.39 is 0 Å². The molecule has 0 aromatic heterocycles. The standard InChI is InChI=1S/C13H21NO/c1-3-15-13-10-5-4-8-12(13)9-6-7-11(2)14/h4-5,8,10-11H,3,6-7,9,14H2,1-2H3. The highest BCUT2D eigenvalue weighted by Gasteiger charge is 2.02. The van der Waals surface area contributed by atoms with Crippen molar-refractivity contribution in [2.45, 2.75) is 39.2 Å². The highest BCUT2D eigenvalue weighted by atomic mass is 16.5. The molecule has 0 heterocycles. The minimum atomic E-state index is 0.296. The molecule has 0 bridgehead atoms. The van der Waals surface area contributed by atoms with Crippen molar-refractivity contribution in [2.24, 2.45) is 5.73 Å². The summed E-state index contributed by atoms with van der Waals surface area (Å²) >= 11 is 0. The van der Waals surface area contributed by atoms with E-state index in [0.29, 0.717) is 6.04 Å². The molecular weight excluding hydrogens is 186 g/mol. The van der Waals surface area contributed by atoms with Crippen LogP contribution in [0.3, 0.4) is 0 Å². The first-order valence-corrected chi connectivity index (χ1v) is 5.70. The first-order valence-electron chi connectivity index (χ1n) is 5.70. The smallest absolute Gasteiger partial charge is 0.122 e. The maximum atomic E-state index is 5.72. The molecule has 84 valence electrons. The average Bonchev–Trinajstić information content (AvgIpc) is 2.20. The van der Waals surface area contributed by atoms with Gasteiger partial charge in [-0.3, -0.25) is 0 Å². The fourth-order valence-corrected chi connectivity index (χ4v) is 1.62. The van der Waals surface area contributed by atoms with Crippen LogP contribution in [0.4, 0.5) is 0 Å². The summed E-state index contributed by atoms with van der Waals surface area (Å²) in [7, 11) is 0. The molecule has 1 unspecified atom stereocenters. The first-order chi connectivity index (χ1) is 7.24. The molecule has 1 aromatic carbocycles. The van der Waals surface area contributed by atoms with E-state index >= 15 is 0 Å². The molecule has 2 heteroatoms. The third kappa shape index (κ3) is 4.34. The average molecular weight is 207 g/mol. The fraction of sp³-hybridized carbons (Fsp3) is 0.538. The van der Waals surface area contributed by atoms with E-state index in [-0.39, 0.29) is 0 Å². The van der Waals surface area contributed by atoms with Crippen LogP contribution in [0.1, 0.15) is 32.3 Å². The van der Waals surface area contributed by atoms with Crippen molar-refractivity contribution < 1.29 is 4.74 Å². The van der Waals surface area contributed by atoms with E-state index in [0.717, 1.165) is 31.6 Å². The molecule has 1 aromatic rings. The number of aryl methyl sites for hydroxylation is 1. The van der Waals surface area contributed by atoms with Crippen molar-refractivity contribution in [1.29, 1.82) is 0 Å². The Labute approximate surface area is 92.4 Å². The summed E-state index contributed by atoms with van der Waals surface area (Å²) < 4.78 is 5.56. The van der Waals surface area contributed by atoms with E-state index in [9.17, 15) is 0 Å². The molecule has 0 spiro atoms. The molecule has 0 saturated carbocycles. The highest BCUT2D eigenvalue weighted by molar-refractivity contribution is 5.33. The van der Waals surface area contributed by atoms with Crippen LogP contribution in [0.2, 0.25) is 0 Å². The largest absolute Gasteiger partial charge is 0.494 e. The summed E-state index contributed by atoms with van der Waals surface area (Å²) in [4.78, 5) is 0. The Balaban J connectivity index is 2.51. The van der Waals surface area contributed by atoms with Gasteiger partial charge in [0, 0.05) is 6.04 Å². The molecule has 15 heavy (non-hydrogen) atoms. The number of ether oxygens (including phenoxy) is 1. The van der Waals surface area contributed by atoms with Crippen molar-refractivity contribution in [3.63, 3.8) is 0 Å². The van der Waals surface area contributed by atoms with E-state index in [2.05, 4.69) is 19.1 Å². The normalized spacial score (nSPS) is 12.5. The molecule has 0 aliphatic carbocycles. The molecule has 2 N–H and O–H groups in total. The molecule has 0 amide bonds. The van der Waals surface area contributed by atoms with Crippen molar-refractivity contribution >= 4 is 0 Å². The van der Waals surface area contributed by atoms with E-state index in [1.165, 1.54) is 5.56 Å². The van der Waals surface area contributed by atoms with Gasteiger partial charge in [0.2, 0.25) is 0 Å². The predicted octanol–water partition coefficient (Wildman–Crippen LogP) is 2.76. The number of rotatable bonds is 6. The minimum Gasteiger partial charge on any atom is -0.494 e. The maximum absolute atomic E-state index is 5.72. The van der Waals surface area contributed by atoms with Gasteiger partial charge in [0.15, 0.2) is 0 Å². The second-order valence-electron chi connectivity index (χ2n) is 3.91. The SMILES string of the molecule is CCOc1ccccc1CCCC(C)N. The van der Waals surface area contributed by atoms with Gasteiger partial charge in [0.1, 0.15) is 5.75 Å². The minimum absolute atomic E-state index is 0.296. The lowest BCUT2D eigenvalue weighted by Gasteiger charge is -2.10. The third-order valence-corrected chi connectivity index (χ3v) is 2.38. The van der Waals surface area contributed by atoms with E-state index in [1.54, 1.807) is 0 Å². The van der Waals surface area contributed by atoms with Gasteiger partial charge in [-0.1, -0.05) is 18.2 Å². The van der Waals surface area contributed by atoms with Crippen LogP contribution in [-0.4, -0.2) is 12.6 Å². The van der Waals surface area contributed by atoms with Crippen molar-refractivity contribution in [1.82, 2.24) is 0 Å². The zero-order valence-corrected chi connectivity index (χ0v) is 9.70. The Hall–Kier alpha value is -1.02.